The average molecular weight is 226 g/mol. The molecule has 0 saturated heterocycles. The zero-order valence-corrected chi connectivity index (χ0v) is 10.4. The summed E-state index contributed by atoms with van der Waals surface area (Å²) in [5.41, 5.74) is 0.833. The van der Waals surface area contributed by atoms with E-state index < -0.39 is 12.6 Å². The minimum atomic E-state index is -0.625. The first-order valence-electron chi connectivity index (χ1n) is 5.36. The summed E-state index contributed by atoms with van der Waals surface area (Å²) in [6.07, 6.45) is 8.25. The highest BCUT2D eigenvalue weighted by atomic mass is 16.5. The fourth-order valence-electron chi connectivity index (χ4n) is 0.727. The van der Waals surface area contributed by atoms with E-state index in [9.17, 15) is 4.79 Å². The second kappa shape index (κ2) is 13.7. The van der Waals surface area contributed by atoms with Crippen molar-refractivity contribution >= 4 is 5.97 Å². The van der Waals surface area contributed by atoms with Crippen LogP contribution < -0.4 is 0 Å². The van der Waals surface area contributed by atoms with Gasteiger partial charge in [-0.15, -0.1) is 0 Å². The zero-order valence-electron chi connectivity index (χ0n) is 10.4. The van der Waals surface area contributed by atoms with Crippen LogP contribution in [0.1, 0.15) is 27.2 Å². The molecule has 0 aromatic rings. The van der Waals surface area contributed by atoms with Gasteiger partial charge in [-0.2, -0.15) is 0 Å². The lowest BCUT2D eigenvalue weighted by Gasteiger charge is -2.02. The second-order valence-electron chi connectivity index (χ2n) is 3.00. The predicted octanol–water partition coefficient (Wildman–Crippen LogP) is 2.63. The number of allylic oxidation sites excluding steroid dienone is 3. The van der Waals surface area contributed by atoms with Gasteiger partial charge in [0.05, 0.1) is 0 Å². The smallest absolute Gasteiger partial charge is 0.332 e. The fourth-order valence-corrected chi connectivity index (χ4v) is 0.727. The largest absolute Gasteiger partial charge is 0.459 e. The molecule has 0 amide bonds. The van der Waals surface area contributed by atoms with Gasteiger partial charge >= 0.3 is 5.97 Å². The van der Waals surface area contributed by atoms with E-state index in [0.717, 1.165) is 5.57 Å². The first-order valence-corrected chi connectivity index (χ1v) is 5.36. The number of hydrogen-bond donors (Lipinski definition) is 1. The van der Waals surface area contributed by atoms with Gasteiger partial charge in [-0.3, -0.25) is 0 Å². The number of rotatable bonds is 5. The third kappa shape index (κ3) is 12.7. The molecule has 1 N–H and O–H groups in total. The molecule has 16 heavy (non-hydrogen) atoms. The molecule has 0 aliphatic rings. The van der Waals surface area contributed by atoms with Crippen molar-refractivity contribution in [3.05, 3.63) is 36.5 Å². The number of aliphatic hydroxyl groups is 1. The van der Waals surface area contributed by atoms with Crippen LogP contribution in [0.25, 0.3) is 0 Å². The molecule has 0 rings (SSSR count). The molecule has 0 unspecified atom stereocenters. The van der Waals surface area contributed by atoms with Gasteiger partial charge in [0, 0.05) is 0 Å². The molecule has 0 spiro atoms. The highest BCUT2D eigenvalue weighted by Gasteiger charge is 1.99. The molecule has 0 saturated carbocycles. The third-order valence-corrected chi connectivity index (χ3v) is 1.24. The van der Waals surface area contributed by atoms with E-state index in [1.54, 1.807) is 12.2 Å². The Labute approximate surface area is 98.1 Å². The molecule has 0 fully saturated rings. The number of esters is 1. The van der Waals surface area contributed by atoms with Gasteiger partial charge in [-0.25, -0.2) is 4.79 Å². The molecule has 92 valence electrons. The van der Waals surface area contributed by atoms with Gasteiger partial charge in [-0.05, 0) is 12.5 Å². The summed E-state index contributed by atoms with van der Waals surface area (Å²) >= 11 is 0. The molecule has 0 heterocycles. The van der Waals surface area contributed by atoms with Crippen molar-refractivity contribution in [2.75, 3.05) is 13.2 Å². The summed E-state index contributed by atoms with van der Waals surface area (Å²) in [4.78, 5) is 10.6. The van der Waals surface area contributed by atoms with Gasteiger partial charge in [-0.1, -0.05) is 51.2 Å². The van der Waals surface area contributed by atoms with Crippen molar-refractivity contribution in [2.45, 2.75) is 27.2 Å². The summed E-state index contributed by atoms with van der Waals surface area (Å²) < 4.78 is 4.70. The van der Waals surface area contributed by atoms with Crippen LogP contribution >= 0.6 is 0 Å². The molecule has 3 heteroatoms. The monoisotopic (exact) mass is 226 g/mol. The standard InChI is InChI=1S/C10H14O3.C3H8/c1-3-5-9(6-4-2)8-13-10(12)7-11;1-3-2/h3-6,11H,1,7-8H2,2H3;3H2,1-2H3/b6-4-,9-5+;. The molecule has 0 radical (unpaired) electrons. The molecule has 3 nitrogen and oxygen atoms in total. The minimum absolute atomic E-state index is 0.162. The molecule has 0 aliphatic carbocycles. The quantitative estimate of drug-likeness (QED) is 0.579. The van der Waals surface area contributed by atoms with E-state index in [0.29, 0.717) is 0 Å². The molecule has 0 aliphatic heterocycles. The summed E-state index contributed by atoms with van der Waals surface area (Å²) in [6.45, 7) is 9.22. The summed E-state index contributed by atoms with van der Waals surface area (Å²) in [5, 5.41) is 8.38. The highest BCUT2D eigenvalue weighted by Crippen LogP contribution is 1.98. The second-order valence-corrected chi connectivity index (χ2v) is 3.00. The van der Waals surface area contributed by atoms with Crippen LogP contribution in [0.2, 0.25) is 0 Å². The van der Waals surface area contributed by atoms with E-state index >= 15 is 0 Å². The van der Waals surface area contributed by atoms with Crippen molar-refractivity contribution in [1.82, 2.24) is 0 Å². The summed E-state index contributed by atoms with van der Waals surface area (Å²) in [5.74, 6) is -0.625. The molecular weight excluding hydrogens is 204 g/mol. The van der Waals surface area contributed by atoms with Gasteiger partial charge in [0.1, 0.15) is 13.2 Å². The van der Waals surface area contributed by atoms with Crippen molar-refractivity contribution in [1.29, 1.82) is 0 Å². The van der Waals surface area contributed by atoms with Crippen LogP contribution in [-0.4, -0.2) is 24.3 Å². The molecule has 0 aromatic carbocycles. The van der Waals surface area contributed by atoms with Crippen LogP contribution in [0, 0.1) is 0 Å². The van der Waals surface area contributed by atoms with Gasteiger partial charge < -0.3 is 9.84 Å². The lowest BCUT2D eigenvalue weighted by atomic mass is 10.2. The van der Waals surface area contributed by atoms with E-state index in [-0.39, 0.29) is 6.61 Å². The predicted molar refractivity (Wildman–Crippen MR) is 67.1 cm³/mol. The summed E-state index contributed by atoms with van der Waals surface area (Å²) in [7, 11) is 0. The lowest BCUT2D eigenvalue weighted by molar-refractivity contribution is -0.145. The van der Waals surface area contributed by atoms with Crippen molar-refractivity contribution in [3.8, 4) is 0 Å². The molecular formula is C13H22O3. The van der Waals surface area contributed by atoms with Crippen LogP contribution in [0.5, 0.6) is 0 Å². The van der Waals surface area contributed by atoms with E-state index in [1.165, 1.54) is 6.42 Å². The van der Waals surface area contributed by atoms with Crippen molar-refractivity contribution in [3.63, 3.8) is 0 Å². The average Bonchev–Trinajstić information content (AvgIpc) is 2.27. The number of aliphatic hydroxyl groups excluding tert-OH is 1. The van der Waals surface area contributed by atoms with Crippen molar-refractivity contribution in [2.24, 2.45) is 0 Å². The van der Waals surface area contributed by atoms with E-state index in [4.69, 9.17) is 9.84 Å². The first-order chi connectivity index (χ1) is 7.65. The topological polar surface area (TPSA) is 46.5 Å². The molecule has 0 aromatic heterocycles. The first kappa shape index (κ1) is 17.1. The number of carbonyl (C=O) groups excluding carboxylic acids is 1. The Morgan fingerprint density at radius 1 is 1.44 bits per heavy atom. The minimum Gasteiger partial charge on any atom is -0.459 e. The van der Waals surface area contributed by atoms with Crippen LogP contribution in [0.3, 0.4) is 0 Å². The Hall–Kier alpha value is -1.35. The maximum absolute atomic E-state index is 10.6. The van der Waals surface area contributed by atoms with E-state index in [1.807, 2.05) is 19.1 Å². The third-order valence-electron chi connectivity index (χ3n) is 1.24. The van der Waals surface area contributed by atoms with Crippen LogP contribution in [0.4, 0.5) is 0 Å². The lowest BCUT2D eigenvalue weighted by Crippen LogP contribution is -2.10. The molecule has 0 atom stereocenters. The van der Waals surface area contributed by atoms with Gasteiger partial charge in [0.15, 0.2) is 0 Å². The SMILES string of the molecule is C=C/C=C(\C=C/C)COC(=O)CO.CCC. The molecule has 0 bridgehead atoms. The number of hydrogen-bond acceptors (Lipinski definition) is 3. The Kier molecular flexibility index (Phi) is 14.6. The normalized spacial score (nSPS) is 10.6. The Bertz CT molecular complexity index is 240. The fraction of sp³-hybridized carbons (Fsp3) is 0.462. The number of ether oxygens (including phenoxy) is 1. The van der Waals surface area contributed by atoms with Gasteiger partial charge in [0.2, 0.25) is 0 Å². The Balaban J connectivity index is 0. The van der Waals surface area contributed by atoms with Gasteiger partial charge in [0.25, 0.3) is 0 Å². The van der Waals surface area contributed by atoms with Crippen LogP contribution in [-0.2, 0) is 9.53 Å². The zero-order chi connectivity index (χ0) is 12.8. The Morgan fingerprint density at radius 3 is 2.38 bits per heavy atom. The summed E-state index contributed by atoms with van der Waals surface area (Å²) in [6, 6.07) is 0. The maximum atomic E-state index is 10.6. The van der Waals surface area contributed by atoms with E-state index in [2.05, 4.69) is 20.4 Å². The maximum Gasteiger partial charge on any atom is 0.332 e. The number of carbonyl (C=O) groups is 1. The highest BCUT2D eigenvalue weighted by molar-refractivity contribution is 5.70. The van der Waals surface area contributed by atoms with Crippen molar-refractivity contribution < 1.29 is 14.6 Å². The Morgan fingerprint density at radius 2 is 2.00 bits per heavy atom. The van der Waals surface area contributed by atoms with Crippen LogP contribution in [0.15, 0.2) is 36.5 Å².